The third-order valence-electron chi connectivity index (χ3n) is 3.39. The van der Waals surface area contributed by atoms with E-state index in [4.69, 9.17) is 19.9 Å². The van der Waals surface area contributed by atoms with E-state index in [1.165, 1.54) is 14.2 Å². The Morgan fingerprint density at radius 2 is 1.67 bits per heavy atom. The number of nitrogens with two attached hydrogens (primary N) is 1. The number of carbonyl (C=O) groups excluding carboxylic acids is 1. The summed E-state index contributed by atoms with van der Waals surface area (Å²) >= 11 is 0. The van der Waals surface area contributed by atoms with E-state index in [1.807, 2.05) is 13.8 Å². The average molecular weight is 296 g/mol. The van der Waals surface area contributed by atoms with Crippen molar-refractivity contribution in [1.29, 1.82) is 0 Å². The van der Waals surface area contributed by atoms with Crippen LogP contribution in [0, 0.1) is 0 Å². The summed E-state index contributed by atoms with van der Waals surface area (Å²) in [5.74, 6) is 1.10. The number of primary amides is 1. The molecular weight excluding hydrogens is 272 g/mol. The Morgan fingerprint density at radius 3 is 2.10 bits per heavy atom. The molecule has 1 amide bonds. The molecule has 0 aromatic heterocycles. The molecule has 2 atom stereocenters. The van der Waals surface area contributed by atoms with E-state index >= 15 is 0 Å². The average Bonchev–Trinajstić information content (AvgIpc) is 2.50. The molecule has 0 fully saturated rings. The predicted octanol–water partition coefficient (Wildman–Crippen LogP) is 1.63. The van der Waals surface area contributed by atoms with Gasteiger partial charge in [-0.3, -0.25) is 10.1 Å². The zero-order valence-corrected chi connectivity index (χ0v) is 13.2. The second kappa shape index (κ2) is 7.73. The highest BCUT2D eigenvalue weighted by atomic mass is 16.5. The number of benzene rings is 1. The summed E-state index contributed by atoms with van der Waals surface area (Å²) in [7, 11) is 4.61. The molecule has 0 spiro atoms. The Kier molecular flexibility index (Phi) is 6.30. The Balaban J connectivity index is 3.31. The zero-order chi connectivity index (χ0) is 16.0. The topological polar surface area (TPSA) is 82.8 Å². The van der Waals surface area contributed by atoms with Gasteiger partial charge in [0.25, 0.3) is 0 Å². The summed E-state index contributed by atoms with van der Waals surface area (Å²) in [6.45, 7) is 4.02. The fourth-order valence-corrected chi connectivity index (χ4v) is 2.01. The molecule has 6 heteroatoms. The first-order chi connectivity index (χ1) is 9.98. The first-order valence-electron chi connectivity index (χ1n) is 6.83. The number of rotatable bonds is 8. The van der Waals surface area contributed by atoms with Gasteiger partial charge in [0.1, 0.15) is 11.8 Å². The lowest BCUT2D eigenvalue weighted by atomic mass is 10.0. The standard InChI is InChI=1S/C15H24N2O4/c1-6-9(2)17-14(15(16)18)10-7-12(20-4)13(21-5)8-11(10)19-3/h7-9,14,17H,6H2,1-5H3,(H2,16,18). The van der Waals surface area contributed by atoms with Gasteiger partial charge in [0.05, 0.1) is 21.3 Å². The monoisotopic (exact) mass is 296 g/mol. The molecule has 1 aromatic carbocycles. The number of hydrogen-bond acceptors (Lipinski definition) is 5. The van der Waals surface area contributed by atoms with Crippen LogP contribution < -0.4 is 25.3 Å². The van der Waals surface area contributed by atoms with Gasteiger partial charge in [0.2, 0.25) is 5.91 Å². The normalized spacial score (nSPS) is 13.4. The van der Waals surface area contributed by atoms with Crippen molar-refractivity contribution in [2.45, 2.75) is 32.4 Å². The Bertz CT molecular complexity index is 491. The van der Waals surface area contributed by atoms with Crippen LogP contribution in [0.5, 0.6) is 17.2 Å². The lowest BCUT2D eigenvalue weighted by molar-refractivity contribution is -0.120. The van der Waals surface area contributed by atoms with Gasteiger partial charge in [-0.2, -0.15) is 0 Å². The van der Waals surface area contributed by atoms with E-state index in [1.54, 1.807) is 19.2 Å². The minimum Gasteiger partial charge on any atom is -0.496 e. The first kappa shape index (κ1) is 17.1. The highest BCUT2D eigenvalue weighted by Crippen LogP contribution is 2.37. The van der Waals surface area contributed by atoms with Crippen molar-refractivity contribution in [3.8, 4) is 17.2 Å². The van der Waals surface area contributed by atoms with Crippen LogP contribution in [0.3, 0.4) is 0 Å². The van der Waals surface area contributed by atoms with Crippen molar-refractivity contribution < 1.29 is 19.0 Å². The minimum absolute atomic E-state index is 0.139. The maximum absolute atomic E-state index is 11.8. The van der Waals surface area contributed by atoms with Gasteiger partial charge in [-0.25, -0.2) is 0 Å². The molecule has 1 aromatic rings. The van der Waals surface area contributed by atoms with Crippen LogP contribution >= 0.6 is 0 Å². The number of carbonyl (C=O) groups is 1. The van der Waals surface area contributed by atoms with E-state index in [0.29, 0.717) is 22.8 Å². The van der Waals surface area contributed by atoms with E-state index < -0.39 is 11.9 Å². The zero-order valence-electron chi connectivity index (χ0n) is 13.2. The van der Waals surface area contributed by atoms with Crippen molar-refractivity contribution in [1.82, 2.24) is 5.32 Å². The SMILES string of the molecule is CCC(C)NC(C(N)=O)c1cc(OC)c(OC)cc1OC. The van der Waals surface area contributed by atoms with Crippen LogP contribution in [-0.2, 0) is 4.79 Å². The molecule has 1 rings (SSSR count). The van der Waals surface area contributed by atoms with Gasteiger partial charge < -0.3 is 19.9 Å². The molecule has 0 saturated carbocycles. The summed E-state index contributed by atoms with van der Waals surface area (Å²) in [5.41, 5.74) is 6.16. The van der Waals surface area contributed by atoms with Crippen molar-refractivity contribution >= 4 is 5.91 Å². The predicted molar refractivity (Wildman–Crippen MR) is 80.9 cm³/mol. The second-order valence-corrected chi connectivity index (χ2v) is 4.76. The Hall–Kier alpha value is -1.95. The third kappa shape index (κ3) is 4.01. The van der Waals surface area contributed by atoms with Crippen LogP contribution in [-0.4, -0.2) is 33.3 Å². The van der Waals surface area contributed by atoms with Crippen LogP contribution in [0.2, 0.25) is 0 Å². The minimum atomic E-state index is -0.658. The van der Waals surface area contributed by atoms with E-state index in [-0.39, 0.29) is 6.04 Å². The van der Waals surface area contributed by atoms with Gasteiger partial charge in [0.15, 0.2) is 11.5 Å². The quantitative estimate of drug-likeness (QED) is 0.762. The molecule has 0 aliphatic heterocycles. The van der Waals surface area contributed by atoms with Crippen LogP contribution in [0.1, 0.15) is 31.9 Å². The van der Waals surface area contributed by atoms with Gasteiger partial charge in [-0.15, -0.1) is 0 Å². The summed E-state index contributed by atoms with van der Waals surface area (Å²) in [4.78, 5) is 11.8. The Morgan fingerprint density at radius 1 is 1.14 bits per heavy atom. The van der Waals surface area contributed by atoms with Crippen LogP contribution in [0.4, 0.5) is 0 Å². The molecule has 0 aliphatic carbocycles. The fourth-order valence-electron chi connectivity index (χ4n) is 2.01. The highest BCUT2D eigenvalue weighted by Gasteiger charge is 2.25. The van der Waals surface area contributed by atoms with Crippen molar-refractivity contribution in [3.63, 3.8) is 0 Å². The largest absolute Gasteiger partial charge is 0.496 e. The first-order valence-corrected chi connectivity index (χ1v) is 6.83. The van der Waals surface area contributed by atoms with Crippen LogP contribution in [0.25, 0.3) is 0 Å². The van der Waals surface area contributed by atoms with Gasteiger partial charge in [-0.05, 0) is 19.4 Å². The van der Waals surface area contributed by atoms with Crippen molar-refractivity contribution in [3.05, 3.63) is 17.7 Å². The lowest BCUT2D eigenvalue weighted by Crippen LogP contribution is -2.38. The Labute approximate surface area is 125 Å². The van der Waals surface area contributed by atoms with E-state index in [0.717, 1.165) is 6.42 Å². The number of nitrogens with one attached hydrogen (secondary N) is 1. The summed E-state index contributed by atoms with van der Waals surface area (Å²) in [5, 5.41) is 3.19. The molecule has 0 bridgehead atoms. The van der Waals surface area contributed by atoms with Crippen molar-refractivity contribution in [2.24, 2.45) is 5.73 Å². The maximum atomic E-state index is 11.8. The molecule has 0 radical (unpaired) electrons. The molecule has 3 N–H and O–H groups in total. The molecular formula is C15H24N2O4. The fraction of sp³-hybridized carbons (Fsp3) is 0.533. The summed E-state index contributed by atoms with van der Waals surface area (Å²) in [6.07, 6.45) is 0.874. The molecule has 0 aliphatic rings. The third-order valence-corrected chi connectivity index (χ3v) is 3.39. The number of methoxy groups -OCH3 is 3. The lowest BCUT2D eigenvalue weighted by Gasteiger charge is -2.23. The van der Waals surface area contributed by atoms with Crippen LogP contribution in [0.15, 0.2) is 12.1 Å². The second-order valence-electron chi connectivity index (χ2n) is 4.76. The molecule has 2 unspecified atom stereocenters. The van der Waals surface area contributed by atoms with Gasteiger partial charge in [0, 0.05) is 17.7 Å². The molecule has 6 nitrogen and oxygen atoms in total. The highest BCUT2D eigenvalue weighted by molar-refractivity contribution is 5.82. The number of ether oxygens (including phenoxy) is 3. The van der Waals surface area contributed by atoms with Gasteiger partial charge in [-0.1, -0.05) is 6.92 Å². The smallest absolute Gasteiger partial charge is 0.239 e. The van der Waals surface area contributed by atoms with Gasteiger partial charge >= 0.3 is 0 Å². The number of amides is 1. The summed E-state index contributed by atoms with van der Waals surface area (Å²) in [6, 6.07) is 2.88. The summed E-state index contributed by atoms with van der Waals surface area (Å²) < 4.78 is 15.9. The molecule has 21 heavy (non-hydrogen) atoms. The maximum Gasteiger partial charge on any atom is 0.239 e. The molecule has 118 valence electrons. The molecule has 0 saturated heterocycles. The van der Waals surface area contributed by atoms with E-state index in [9.17, 15) is 4.79 Å². The number of hydrogen-bond donors (Lipinski definition) is 2. The molecule has 0 heterocycles. The van der Waals surface area contributed by atoms with Crippen molar-refractivity contribution in [2.75, 3.05) is 21.3 Å². The van der Waals surface area contributed by atoms with E-state index in [2.05, 4.69) is 5.32 Å².